The summed E-state index contributed by atoms with van der Waals surface area (Å²) in [5.41, 5.74) is 1.53. The molecule has 1 aromatic carbocycles. The second-order valence-electron chi connectivity index (χ2n) is 5.63. The minimum atomic E-state index is -3.36. The van der Waals surface area contributed by atoms with Crippen LogP contribution in [0.2, 0.25) is 0 Å². The standard InChI is InChI=1S/C14H19N3O4S/c1-9(2)22(20,21)11-7-5-10(6-8-11)12-14(3,16-19)13(18)17(4)15-12/h5-9,16,19H,1-4H3. The molecule has 0 aliphatic carbocycles. The molecular weight excluding hydrogens is 306 g/mol. The Hall–Kier alpha value is -1.77. The minimum Gasteiger partial charge on any atom is -0.315 e. The molecule has 0 aromatic heterocycles. The van der Waals surface area contributed by atoms with E-state index in [9.17, 15) is 18.4 Å². The van der Waals surface area contributed by atoms with Crippen LogP contribution < -0.4 is 5.48 Å². The summed E-state index contributed by atoms with van der Waals surface area (Å²) in [6, 6.07) is 6.12. The van der Waals surface area contributed by atoms with Gasteiger partial charge in [-0.1, -0.05) is 12.1 Å². The van der Waals surface area contributed by atoms with Gasteiger partial charge in [-0.15, -0.1) is 0 Å². The van der Waals surface area contributed by atoms with Gasteiger partial charge in [0, 0.05) is 12.6 Å². The number of benzene rings is 1. The third-order valence-corrected chi connectivity index (χ3v) is 5.92. The van der Waals surface area contributed by atoms with Crippen molar-refractivity contribution in [2.24, 2.45) is 5.10 Å². The van der Waals surface area contributed by atoms with Crippen LogP contribution >= 0.6 is 0 Å². The molecule has 1 heterocycles. The highest BCUT2D eigenvalue weighted by molar-refractivity contribution is 7.92. The summed E-state index contributed by atoms with van der Waals surface area (Å²) in [4.78, 5) is 12.3. The van der Waals surface area contributed by atoms with E-state index in [1.807, 2.05) is 5.48 Å². The van der Waals surface area contributed by atoms with Gasteiger partial charge in [0.15, 0.2) is 15.4 Å². The molecule has 1 aromatic rings. The average molecular weight is 325 g/mol. The third kappa shape index (κ3) is 2.43. The molecule has 2 rings (SSSR count). The lowest BCUT2D eigenvalue weighted by Gasteiger charge is -2.21. The number of nitrogens with one attached hydrogen (secondary N) is 1. The number of carbonyl (C=O) groups is 1. The van der Waals surface area contributed by atoms with Crippen molar-refractivity contribution in [1.82, 2.24) is 10.5 Å². The number of carbonyl (C=O) groups excluding carboxylic acids is 1. The van der Waals surface area contributed by atoms with Gasteiger partial charge in [-0.25, -0.2) is 13.4 Å². The number of hydrazone groups is 1. The van der Waals surface area contributed by atoms with Crippen LogP contribution in [-0.4, -0.2) is 48.1 Å². The first-order chi connectivity index (χ1) is 10.1. The summed E-state index contributed by atoms with van der Waals surface area (Å²) in [5.74, 6) is -0.399. The summed E-state index contributed by atoms with van der Waals surface area (Å²) in [6.07, 6.45) is 0. The fourth-order valence-corrected chi connectivity index (χ4v) is 3.30. The zero-order chi connectivity index (χ0) is 16.7. The number of rotatable bonds is 4. The van der Waals surface area contributed by atoms with Crippen LogP contribution in [0.3, 0.4) is 0 Å². The second kappa shape index (κ2) is 5.45. The van der Waals surface area contributed by atoms with Gasteiger partial charge < -0.3 is 5.21 Å². The molecule has 120 valence electrons. The van der Waals surface area contributed by atoms with Crippen molar-refractivity contribution in [1.29, 1.82) is 0 Å². The smallest absolute Gasteiger partial charge is 0.270 e. The molecule has 0 radical (unpaired) electrons. The average Bonchev–Trinajstić information content (AvgIpc) is 2.72. The van der Waals surface area contributed by atoms with Crippen LogP contribution in [0.5, 0.6) is 0 Å². The van der Waals surface area contributed by atoms with Gasteiger partial charge in [0.05, 0.1) is 15.9 Å². The van der Waals surface area contributed by atoms with Crippen molar-refractivity contribution in [2.45, 2.75) is 36.5 Å². The van der Waals surface area contributed by atoms with E-state index in [2.05, 4.69) is 5.10 Å². The molecule has 1 unspecified atom stereocenters. The van der Waals surface area contributed by atoms with Gasteiger partial charge in [-0.05, 0) is 32.9 Å². The minimum absolute atomic E-state index is 0.211. The van der Waals surface area contributed by atoms with Crippen LogP contribution in [0.4, 0.5) is 0 Å². The number of amides is 1. The van der Waals surface area contributed by atoms with Crippen LogP contribution in [-0.2, 0) is 14.6 Å². The normalized spacial score (nSPS) is 22.4. The van der Waals surface area contributed by atoms with E-state index in [0.717, 1.165) is 5.01 Å². The first-order valence-corrected chi connectivity index (χ1v) is 8.32. The molecule has 8 heteroatoms. The third-order valence-electron chi connectivity index (χ3n) is 3.75. The Morgan fingerprint density at radius 1 is 1.27 bits per heavy atom. The SMILES string of the molecule is CC(C)S(=O)(=O)c1ccc(C2=NN(C)C(=O)C2(C)NO)cc1. The number of hydrogen-bond donors (Lipinski definition) is 2. The van der Waals surface area contributed by atoms with E-state index in [1.54, 1.807) is 26.0 Å². The maximum atomic E-state index is 12.1. The molecule has 0 spiro atoms. The molecule has 1 atom stereocenters. The zero-order valence-corrected chi connectivity index (χ0v) is 13.7. The van der Waals surface area contributed by atoms with Gasteiger partial charge in [-0.3, -0.25) is 4.79 Å². The van der Waals surface area contributed by atoms with E-state index in [1.165, 1.54) is 26.1 Å². The quantitative estimate of drug-likeness (QED) is 0.797. The van der Waals surface area contributed by atoms with E-state index < -0.39 is 26.5 Å². The number of sulfone groups is 1. The first kappa shape index (κ1) is 16.6. The highest BCUT2D eigenvalue weighted by Gasteiger charge is 2.46. The summed E-state index contributed by atoms with van der Waals surface area (Å²) < 4.78 is 24.2. The van der Waals surface area contributed by atoms with E-state index in [0.29, 0.717) is 11.3 Å². The Kier molecular flexibility index (Phi) is 4.12. The van der Waals surface area contributed by atoms with Crippen LogP contribution in [0.1, 0.15) is 26.3 Å². The zero-order valence-electron chi connectivity index (χ0n) is 12.9. The van der Waals surface area contributed by atoms with Crippen molar-refractivity contribution >= 4 is 21.5 Å². The Labute approximate surface area is 129 Å². The van der Waals surface area contributed by atoms with Crippen LogP contribution in [0, 0.1) is 0 Å². The Bertz CT molecular complexity index is 725. The fourth-order valence-electron chi connectivity index (χ4n) is 2.24. The molecule has 0 fully saturated rings. The number of nitrogens with zero attached hydrogens (tertiary/aromatic N) is 2. The summed E-state index contributed by atoms with van der Waals surface area (Å²) in [5, 5.41) is 14.1. The molecule has 1 amide bonds. The highest BCUT2D eigenvalue weighted by atomic mass is 32.2. The lowest BCUT2D eigenvalue weighted by Crippen LogP contribution is -2.53. The second-order valence-corrected chi connectivity index (χ2v) is 8.14. The van der Waals surface area contributed by atoms with Gasteiger partial charge in [0.2, 0.25) is 0 Å². The summed E-state index contributed by atoms with van der Waals surface area (Å²) >= 11 is 0. The number of likely N-dealkylation sites (N-methyl/N-ethyl adjacent to an activating group) is 1. The van der Waals surface area contributed by atoms with Gasteiger partial charge in [0.25, 0.3) is 5.91 Å². The van der Waals surface area contributed by atoms with Crippen molar-refractivity contribution in [3.63, 3.8) is 0 Å². The fraction of sp³-hybridized carbons (Fsp3) is 0.429. The maximum absolute atomic E-state index is 12.1. The molecule has 7 nitrogen and oxygen atoms in total. The molecular formula is C14H19N3O4S. The molecule has 0 saturated heterocycles. The lowest BCUT2D eigenvalue weighted by atomic mass is 9.91. The van der Waals surface area contributed by atoms with E-state index >= 15 is 0 Å². The Balaban J connectivity index is 2.44. The molecule has 2 N–H and O–H groups in total. The Morgan fingerprint density at radius 3 is 2.27 bits per heavy atom. The summed E-state index contributed by atoms with van der Waals surface area (Å²) in [6.45, 7) is 4.74. The van der Waals surface area contributed by atoms with Gasteiger partial charge >= 0.3 is 0 Å². The van der Waals surface area contributed by atoms with Crippen molar-refractivity contribution in [3.05, 3.63) is 29.8 Å². The molecule has 0 bridgehead atoms. The van der Waals surface area contributed by atoms with Gasteiger partial charge in [0.1, 0.15) is 0 Å². The number of hydrogen-bond acceptors (Lipinski definition) is 6. The topological polar surface area (TPSA) is 99.1 Å². The summed E-state index contributed by atoms with van der Waals surface area (Å²) in [7, 11) is -1.87. The van der Waals surface area contributed by atoms with Crippen molar-refractivity contribution in [3.8, 4) is 0 Å². The first-order valence-electron chi connectivity index (χ1n) is 6.77. The maximum Gasteiger partial charge on any atom is 0.270 e. The highest BCUT2D eigenvalue weighted by Crippen LogP contribution is 2.25. The monoisotopic (exact) mass is 325 g/mol. The predicted octanol–water partition coefficient (Wildman–Crippen LogP) is 0.782. The molecule has 0 saturated carbocycles. The van der Waals surface area contributed by atoms with Crippen LogP contribution in [0.25, 0.3) is 0 Å². The molecule has 1 aliphatic rings. The predicted molar refractivity (Wildman–Crippen MR) is 81.4 cm³/mol. The van der Waals surface area contributed by atoms with Gasteiger partial charge in [-0.2, -0.15) is 10.6 Å². The number of hydroxylamine groups is 1. The van der Waals surface area contributed by atoms with Crippen LogP contribution in [0.15, 0.2) is 34.3 Å². The van der Waals surface area contributed by atoms with Crippen molar-refractivity contribution in [2.75, 3.05) is 7.05 Å². The lowest BCUT2D eigenvalue weighted by molar-refractivity contribution is -0.134. The Morgan fingerprint density at radius 2 is 1.82 bits per heavy atom. The molecule has 22 heavy (non-hydrogen) atoms. The van der Waals surface area contributed by atoms with Crippen molar-refractivity contribution < 1.29 is 18.4 Å². The molecule has 1 aliphatic heterocycles. The van der Waals surface area contributed by atoms with E-state index in [4.69, 9.17) is 0 Å². The van der Waals surface area contributed by atoms with E-state index in [-0.39, 0.29) is 4.90 Å². The largest absolute Gasteiger partial charge is 0.315 e.